The molecule has 3 heteroatoms. The van der Waals surface area contributed by atoms with Gasteiger partial charge in [0, 0.05) is 16.1 Å². The topological polar surface area (TPSA) is 35.2 Å². The number of hydrogen-bond donors (Lipinski definition) is 1. The van der Waals surface area contributed by atoms with E-state index in [1.165, 1.54) is 25.7 Å². The van der Waals surface area contributed by atoms with Gasteiger partial charge in [0.15, 0.2) is 0 Å². The Hall–Kier alpha value is -0.540. The van der Waals surface area contributed by atoms with E-state index in [4.69, 9.17) is 10.5 Å². The van der Waals surface area contributed by atoms with Crippen LogP contribution in [0.3, 0.4) is 0 Å². The normalized spacial score (nSPS) is 17.6. The van der Waals surface area contributed by atoms with Gasteiger partial charge in [-0.3, -0.25) is 0 Å². The fraction of sp³-hybridized carbons (Fsp3) is 0.571. The molecule has 1 aliphatic rings. The fourth-order valence-electron chi connectivity index (χ4n) is 2.13. The molecule has 2 N–H and O–H groups in total. The molecule has 17 heavy (non-hydrogen) atoms. The Morgan fingerprint density at radius 2 is 2.24 bits per heavy atom. The predicted octanol–water partition coefficient (Wildman–Crippen LogP) is 4.04. The van der Waals surface area contributed by atoms with E-state index in [1.54, 1.807) is 0 Å². The monoisotopic (exact) mass is 297 g/mol. The van der Waals surface area contributed by atoms with Crippen LogP contribution < -0.4 is 10.5 Å². The van der Waals surface area contributed by atoms with Gasteiger partial charge < -0.3 is 10.5 Å². The van der Waals surface area contributed by atoms with Crippen molar-refractivity contribution < 1.29 is 4.74 Å². The fourth-order valence-corrected chi connectivity index (χ4v) is 2.47. The summed E-state index contributed by atoms with van der Waals surface area (Å²) < 4.78 is 6.92. The zero-order valence-corrected chi connectivity index (χ0v) is 11.9. The van der Waals surface area contributed by atoms with Crippen LogP contribution in [0.4, 0.5) is 0 Å². The molecule has 1 aromatic rings. The molecule has 0 heterocycles. The highest BCUT2D eigenvalue weighted by atomic mass is 79.9. The highest BCUT2D eigenvalue weighted by Gasteiger charge is 2.17. The summed E-state index contributed by atoms with van der Waals surface area (Å²) in [7, 11) is 0. The minimum absolute atomic E-state index is 0.0156. The average Bonchev–Trinajstić information content (AvgIpc) is 2.21. The van der Waals surface area contributed by atoms with E-state index in [0.717, 1.165) is 28.3 Å². The highest BCUT2D eigenvalue weighted by Crippen LogP contribution is 2.31. The van der Waals surface area contributed by atoms with Crippen LogP contribution in [0.15, 0.2) is 22.7 Å². The van der Waals surface area contributed by atoms with Crippen LogP contribution in [0.25, 0.3) is 0 Å². The Morgan fingerprint density at radius 1 is 1.47 bits per heavy atom. The summed E-state index contributed by atoms with van der Waals surface area (Å²) in [4.78, 5) is 0. The second-order valence-corrected chi connectivity index (χ2v) is 5.82. The minimum Gasteiger partial charge on any atom is -0.493 e. The zero-order valence-electron chi connectivity index (χ0n) is 10.3. The van der Waals surface area contributed by atoms with Gasteiger partial charge in [-0.15, -0.1) is 0 Å². The van der Waals surface area contributed by atoms with E-state index in [9.17, 15) is 0 Å². The summed E-state index contributed by atoms with van der Waals surface area (Å²) >= 11 is 3.47. The number of rotatable bonds is 5. The Morgan fingerprint density at radius 3 is 2.82 bits per heavy atom. The first-order valence-corrected chi connectivity index (χ1v) is 7.14. The maximum Gasteiger partial charge on any atom is 0.125 e. The van der Waals surface area contributed by atoms with Crippen LogP contribution in [0.5, 0.6) is 5.75 Å². The van der Waals surface area contributed by atoms with Crippen LogP contribution >= 0.6 is 15.9 Å². The van der Waals surface area contributed by atoms with E-state index < -0.39 is 0 Å². The Bertz CT molecular complexity index is 374. The predicted molar refractivity (Wildman–Crippen MR) is 74.2 cm³/mol. The van der Waals surface area contributed by atoms with Gasteiger partial charge in [-0.25, -0.2) is 0 Å². The first-order chi connectivity index (χ1) is 8.16. The van der Waals surface area contributed by atoms with Crippen LogP contribution in [0, 0.1) is 5.92 Å². The van der Waals surface area contributed by atoms with Crippen molar-refractivity contribution in [2.45, 2.75) is 38.6 Å². The van der Waals surface area contributed by atoms with Crippen molar-refractivity contribution >= 4 is 15.9 Å². The molecule has 0 amide bonds. The van der Waals surface area contributed by atoms with Gasteiger partial charge in [-0.2, -0.15) is 0 Å². The van der Waals surface area contributed by atoms with Crippen molar-refractivity contribution in [3.05, 3.63) is 28.2 Å². The summed E-state index contributed by atoms with van der Waals surface area (Å²) in [6, 6.07) is 6.08. The van der Waals surface area contributed by atoms with Crippen molar-refractivity contribution in [1.29, 1.82) is 0 Å². The Balaban J connectivity index is 1.94. The quantitative estimate of drug-likeness (QED) is 0.890. The summed E-state index contributed by atoms with van der Waals surface area (Å²) in [5, 5.41) is 0. The first-order valence-electron chi connectivity index (χ1n) is 6.34. The lowest BCUT2D eigenvalue weighted by Gasteiger charge is -2.25. The molecule has 1 saturated carbocycles. The number of nitrogens with two attached hydrogens (primary N) is 1. The number of hydrogen-bond acceptors (Lipinski definition) is 2. The van der Waals surface area contributed by atoms with Crippen molar-refractivity contribution in [3.8, 4) is 5.75 Å². The third kappa shape index (κ3) is 3.46. The van der Waals surface area contributed by atoms with E-state index >= 15 is 0 Å². The second-order valence-electron chi connectivity index (χ2n) is 4.90. The molecule has 0 bridgehead atoms. The molecule has 0 aromatic heterocycles. The van der Waals surface area contributed by atoms with Crippen molar-refractivity contribution in [1.82, 2.24) is 0 Å². The third-order valence-corrected chi connectivity index (χ3v) is 3.97. The van der Waals surface area contributed by atoms with Gasteiger partial charge in [-0.1, -0.05) is 41.3 Å². The lowest BCUT2D eigenvalue weighted by Crippen LogP contribution is -2.15. The third-order valence-electron chi connectivity index (χ3n) is 3.47. The molecule has 1 aromatic carbocycles. The molecule has 0 spiro atoms. The molecule has 1 fully saturated rings. The molecule has 1 aliphatic carbocycles. The summed E-state index contributed by atoms with van der Waals surface area (Å²) in [6.07, 6.45) is 5.32. The smallest absolute Gasteiger partial charge is 0.125 e. The largest absolute Gasteiger partial charge is 0.493 e. The lowest BCUT2D eigenvalue weighted by molar-refractivity contribution is 0.220. The number of halogens is 1. The lowest BCUT2D eigenvalue weighted by atomic mass is 9.83. The van der Waals surface area contributed by atoms with Gasteiger partial charge in [0.1, 0.15) is 5.75 Å². The minimum atomic E-state index is 0.0156. The Kier molecular flexibility index (Phi) is 4.46. The molecule has 0 radical (unpaired) electrons. The van der Waals surface area contributed by atoms with Gasteiger partial charge in [0.2, 0.25) is 0 Å². The van der Waals surface area contributed by atoms with Crippen LogP contribution in [-0.2, 0) is 0 Å². The summed E-state index contributed by atoms with van der Waals surface area (Å²) in [5.41, 5.74) is 7.02. The molecule has 2 nitrogen and oxygen atoms in total. The van der Waals surface area contributed by atoms with E-state index in [2.05, 4.69) is 15.9 Å². The van der Waals surface area contributed by atoms with Crippen LogP contribution in [0.1, 0.15) is 44.2 Å². The molecular weight excluding hydrogens is 278 g/mol. The van der Waals surface area contributed by atoms with Crippen molar-refractivity contribution in [2.75, 3.05) is 6.61 Å². The second kappa shape index (κ2) is 5.87. The van der Waals surface area contributed by atoms with Crippen molar-refractivity contribution in [2.24, 2.45) is 11.7 Å². The molecule has 1 atom stereocenters. The molecule has 0 saturated heterocycles. The maximum absolute atomic E-state index is 5.94. The number of benzene rings is 1. The first kappa shape index (κ1) is 12.9. The molecular formula is C14H20BrNO. The van der Waals surface area contributed by atoms with Gasteiger partial charge in [-0.05, 0) is 31.4 Å². The molecule has 0 aliphatic heterocycles. The Labute approximate surface area is 112 Å². The average molecular weight is 298 g/mol. The van der Waals surface area contributed by atoms with Crippen LogP contribution in [-0.4, -0.2) is 6.61 Å². The highest BCUT2D eigenvalue weighted by molar-refractivity contribution is 9.10. The molecule has 2 rings (SSSR count). The van der Waals surface area contributed by atoms with Gasteiger partial charge >= 0.3 is 0 Å². The van der Waals surface area contributed by atoms with Crippen molar-refractivity contribution in [3.63, 3.8) is 0 Å². The van der Waals surface area contributed by atoms with E-state index in [-0.39, 0.29) is 6.04 Å². The maximum atomic E-state index is 5.94. The zero-order chi connectivity index (χ0) is 12.3. The molecule has 94 valence electrons. The standard InChI is InChI=1S/C14H20BrNO/c1-10(16)13-6-5-12(15)9-14(13)17-8-7-11-3-2-4-11/h5-6,9-11H,2-4,7-8,16H2,1H3. The van der Waals surface area contributed by atoms with Gasteiger partial charge in [0.25, 0.3) is 0 Å². The summed E-state index contributed by atoms with van der Waals surface area (Å²) in [6.45, 7) is 2.79. The van der Waals surface area contributed by atoms with E-state index in [1.807, 2.05) is 25.1 Å². The summed E-state index contributed by atoms with van der Waals surface area (Å²) in [5.74, 6) is 1.81. The van der Waals surface area contributed by atoms with Crippen LogP contribution in [0.2, 0.25) is 0 Å². The SMILES string of the molecule is CC(N)c1ccc(Br)cc1OCCC1CCC1. The van der Waals surface area contributed by atoms with Gasteiger partial charge in [0.05, 0.1) is 6.61 Å². The van der Waals surface area contributed by atoms with E-state index in [0.29, 0.717) is 0 Å². The molecule has 1 unspecified atom stereocenters. The number of ether oxygens (including phenoxy) is 1.